The minimum absolute atomic E-state index is 0.143. The number of rotatable bonds is 3. The fourth-order valence-electron chi connectivity index (χ4n) is 2.66. The van der Waals surface area contributed by atoms with Gasteiger partial charge in [0, 0.05) is 6.07 Å². The Balaban J connectivity index is 2.39. The van der Waals surface area contributed by atoms with Crippen LogP contribution in [0.2, 0.25) is 0 Å². The molecule has 2 aromatic rings. The first-order valence-electron chi connectivity index (χ1n) is 7.13. The molecule has 26 heavy (non-hydrogen) atoms. The summed E-state index contributed by atoms with van der Waals surface area (Å²) in [6, 6.07) is 4.26. The van der Waals surface area contributed by atoms with Gasteiger partial charge in [-0.1, -0.05) is 0 Å². The van der Waals surface area contributed by atoms with Gasteiger partial charge in [-0.05, 0) is 18.2 Å². The van der Waals surface area contributed by atoms with Gasteiger partial charge in [0.05, 0.1) is 35.1 Å². The Morgan fingerprint density at radius 3 is 2.46 bits per heavy atom. The summed E-state index contributed by atoms with van der Waals surface area (Å²) in [4.78, 5) is 59.4. The van der Waals surface area contributed by atoms with Crippen LogP contribution in [0.3, 0.4) is 0 Å². The maximum Gasteiger partial charge on any atom is 0.339 e. The van der Waals surface area contributed by atoms with E-state index >= 15 is 0 Å². The van der Waals surface area contributed by atoms with E-state index in [4.69, 9.17) is 10.8 Å². The normalized spacial score (nSPS) is 12.5. The number of esters is 1. The van der Waals surface area contributed by atoms with Gasteiger partial charge in [0.25, 0.3) is 17.4 Å². The molecular weight excluding hydrogens is 346 g/mol. The lowest BCUT2D eigenvalue weighted by Gasteiger charge is -2.15. The fourth-order valence-corrected chi connectivity index (χ4v) is 2.66. The number of methoxy groups -OCH3 is 1. The first-order chi connectivity index (χ1) is 12.3. The van der Waals surface area contributed by atoms with Gasteiger partial charge >= 0.3 is 11.9 Å². The first kappa shape index (κ1) is 16.9. The van der Waals surface area contributed by atoms with Crippen molar-refractivity contribution < 1.29 is 29.0 Å². The molecule has 0 radical (unpaired) electrons. The molecule has 132 valence electrons. The maximum absolute atomic E-state index is 12.5. The number of imide groups is 1. The van der Waals surface area contributed by atoms with E-state index < -0.39 is 35.1 Å². The van der Waals surface area contributed by atoms with E-state index in [2.05, 4.69) is 4.74 Å². The SMILES string of the molecule is COC(=O)c1ccc(C(=O)O)cc1-n1c(N)c2c(cc1=O)C(=O)NC2=O. The number of benzene rings is 1. The second kappa shape index (κ2) is 5.84. The molecule has 1 aliphatic heterocycles. The Kier molecular flexibility index (Phi) is 3.80. The minimum atomic E-state index is -1.30. The van der Waals surface area contributed by atoms with Gasteiger partial charge < -0.3 is 15.6 Å². The zero-order valence-electron chi connectivity index (χ0n) is 13.2. The zero-order valence-corrected chi connectivity index (χ0v) is 13.2. The highest BCUT2D eigenvalue weighted by atomic mass is 16.5. The van der Waals surface area contributed by atoms with E-state index in [1.54, 1.807) is 0 Å². The van der Waals surface area contributed by atoms with E-state index in [9.17, 15) is 24.0 Å². The molecule has 2 heterocycles. The lowest BCUT2D eigenvalue weighted by molar-refractivity contribution is 0.0598. The van der Waals surface area contributed by atoms with Crippen molar-refractivity contribution in [3.8, 4) is 5.69 Å². The molecule has 0 spiro atoms. The van der Waals surface area contributed by atoms with Gasteiger partial charge in [0.2, 0.25) is 0 Å². The number of carboxylic acids is 1. The van der Waals surface area contributed by atoms with Gasteiger partial charge in [-0.2, -0.15) is 0 Å². The van der Waals surface area contributed by atoms with Gasteiger partial charge in [-0.15, -0.1) is 0 Å². The summed E-state index contributed by atoms with van der Waals surface area (Å²) in [5.74, 6) is -4.12. The number of nitrogen functional groups attached to an aromatic ring is 1. The average molecular weight is 357 g/mol. The van der Waals surface area contributed by atoms with Crippen molar-refractivity contribution in [3.05, 3.63) is 56.9 Å². The molecule has 4 N–H and O–H groups in total. The van der Waals surface area contributed by atoms with Crippen LogP contribution in [0.1, 0.15) is 41.4 Å². The molecule has 0 atom stereocenters. The Bertz CT molecular complexity index is 1070. The Labute approximate surface area is 144 Å². The Morgan fingerprint density at radius 2 is 1.85 bits per heavy atom. The molecule has 1 aliphatic rings. The number of carbonyl (C=O) groups excluding carboxylic acids is 3. The number of nitrogens with zero attached hydrogens (tertiary/aromatic N) is 1. The summed E-state index contributed by atoms with van der Waals surface area (Å²) in [5, 5.41) is 11.2. The highest BCUT2D eigenvalue weighted by Crippen LogP contribution is 2.25. The summed E-state index contributed by atoms with van der Waals surface area (Å²) in [6.07, 6.45) is 0. The van der Waals surface area contributed by atoms with Crippen LogP contribution in [0, 0.1) is 0 Å². The largest absolute Gasteiger partial charge is 0.478 e. The highest BCUT2D eigenvalue weighted by molar-refractivity contribution is 6.23. The predicted molar refractivity (Wildman–Crippen MR) is 86.5 cm³/mol. The molecule has 10 nitrogen and oxygen atoms in total. The number of anilines is 1. The number of carbonyl (C=O) groups is 4. The van der Waals surface area contributed by atoms with Crippen LogP contribution in [0.5, 0.6) is 0 Å². The second-order valence-corrected chi connectivity index (χ2v) is 5.30. The van der Waals surface area contributed by atoms with Crippen LogP contribution in [-0.4, -0.2) is 40.5 Å². The van der Waals surface area contributed by atoms with Gasteiger partial charge in [0.15, 0.2) is 0 Å². The van der Waals surface area contributed by atoms with Crippen LogP contribution < -0.4 is 16.6 Å². The van der Waals surface area contributed by atoms with E-state index in [1.807, 2.05) is 5.32 Å². The second-order valence-electron chi connectivity index (χ2n) is 5.30. The Morgan fingerprint density at radius 1 is 1.15 bits per heavy atom. The quantitative estimate of drug-likeness (QED) is 0.503. The van der Waals surface area contributed by atoms with E-state index in [0.717, 1.165) is 35.9 Å². The molecule has 3 rings (SSSR count). The third-order valence-corrected chi connectivity index (χ3v) is 3.84. The number of hydrogen-bond donors (Lipinski definition) is 3. The Hall–Kier alpha value is -3.95. The number of nitrogens with one attached hydrogen (secondary N) is 1. The predicted octanol–water partition coefficient (Wildman–Crippen LogP) is -0.212. The van der Waals surface area contributed by atoms with E-state index in [0.29, 0.717) is 0 Å². The summed E-state index contributed by atoms with van der Waals surface area (Å²) < 4.78 is 5.42. The van der Waals surface area contributed by atoms with Crippen LogP contribution >= 0.6 is 0 Å². The lowest BCUT2D eigenvalue weighted by Crippen LogP contribution is -2.26. The molecular formula is C16H11N3O7. The van der Waals surface area contributed by atoms with Crippen molar-refractivity contribution in [2.75, 3.05) is 12.8 Å². The lowest BCUT2D eigenvalue weighted by atomic mass is 10.1. The van der Waals surface area contributed by atoms with Crippen molar-refractivity contribution in [2.24, 2.45) is 0 Å². The van der Waals surface area contributed by atoms with Crippen LogP contribution in [0.15, 0.2) is 29.1 Å². The third-order valence-electron chi connectivity index (χ3n) is 3.84. The fraction of sp³-hybridized carbons (Fsp3) is 0.0625. The number of pyridine rings is 1. The van der Waals surface area contributed by atoms with E-state index in [-0.39, 0.29) is 27.9 Å². The highest BCUT2D eigenvalue weighted by Gasteiger charge is 2.32. The molecule has 1 aromatic carbocycles. The summed E-state index contributed by atoms with van der Waals surface area (Å²) in [6.45, 7) is 0. The molecule has 1 aromatic heterocycles. The smallest absolute Gasteiger partial charge is 0.339 e. The number of amides is 2. The van der Waals surface area contributed by atoms with Crippen LogP contribution in [0.4, 0.5) is 5.82 Å². The third kappa shape index (κ3) is 2.40. The molecule has 0 bridgehead atoms. The van der Waals surface area contributed by atoms with Crippen molar-refractivity contribution in [2.45, 2.75) is 0 Å². The monoisotopic (exact) mass is 357 g/mol. The standard InChI is InChI=1S/C16H11N3O7/c1-26-16(25)7-3-2-6(15(23)24)4-9(7)19-10(20)5-8-11(12(19)17)14(22)18-13(8)21/h2-5H,17H2,1H3,(H,23,24)(H,18,21,22). The maximum atomic E-state index is 12.5. The number of nitrogens with two attached hydrogens (primary N) is 1. The summed E-state index contributed by atoms with van der Waals surface area (Å²) >= 11 is 0. The topological polar surface area (TPSA) is 158 Å². The number of aromatic carboxylic acids is 1. The van der Waals surface area contributed by atoms with Crippen molar-refractivity contribution >= 4 is 29.6 Å². The molecule has 0 saturated heterocycles. The average Bonchev–Trinajstić information content (AvgIpc) is 2.87. The van der Waals surface area contributed by atoms with Crippen molar-refractivity contribution in [3.63, 3.8) is 0 Å². The molecule has 0 unspecified atom stereocenters. The minimum Gasteiger partial charge on any atom is -0.478 e. The van der Waals surface area contributed by atoms with Gasteiger partial charge in [-0.25, -0.2) is 9.59 Å². The van der Waals surface area contributed by atoms with Crippen molar-refractivity contribution in [1.82, 2.24) is 9.88 Å². The summed E-state index contributed by atoms with van der Waals surface area (Å²) in [5.41, 5.74) is 4.11. The van der Waals surface area contributed by atoms with Crippen molar-refractivity contribution in [1.29, 1.82) is 0 Å². The molecule has 2 amide bonds. The number of carboxylic acid groups (broad SMARTS) is 1. The van der Waals surface area contributed by atoms with Crippen LogP contribution in [0.25, 0.3) is 5.69 Å². The first-order valence-corrected chi connectivity index (χ1v) is 7.13. The molecule has 10 heteroatoms. The molecule has 0 fully saturated rings. The molecule has 0 aliphatic carbocycles. The number of aromatic nitrogens is 1. The number of fused-ring (bicyclic) bond motifs is 1. The van der Waals surface area contributed by atoms with Crippen LogP contribution in [-0.2, 0) is 4.74 Å². The van der Waals surface area contributed by atoms with E-state index in [1.165, 1.54) is 0 Å². The van der Waals surface area contributed by atoms with Gasteiger partial charge in [-0.3, -0.25) is 24.3 Å². The number of ether oxygens (including phenoxy) is 1. The van der Waals surface area contributed by atoms with Gasteiger partial charge in [0.1, 0.15) is 5.82 Å². The molecule has 0 saturated carbocycles. The zero-order chi connectivity index (χ0) is 19.2. The summed E-state index contributed by atoms with van der Waals surface area (Å²) in [7, 11) is 1.11. The number of hydrogen-bond acceptors (Lipinski definition) is 7.